The molecule has 0 aliphatic heterocycles. The average Bonchev–Trinajstić information content (AvgIpc) is 2.77. The Labute approximate surface area is 192 Å². The van der Waals surface area contributed by atoms with Crippen molar-refractivity contribution in [2.24, 2.45) is 0 Å². The molecule has 0 fully saturated rings. The van der Waals surface area contributed by atoms with E-state index in [1.54, 1.807) is 36.4 Å². The summed E-state index contributed by atoms with van der Waals surface area (Å²) in [6, 6.07) is 23.8. The second-order valence-electron chi connectivity index (χ2n) is 8.31. The second kappa shape index (κ2) is 10.2. The van der Waals surface area contributed by atoms with Gasteiger partial charge in [0.05, 0.1) is 22.9 Å². The van der Waals surface area contributed by atoms with Crippen molar-refractivity contribution in [2.75, 3.05) is 16.4 Å². The molecule has 0 aliphatic rings. The Bertz CT molecular complexity index is 1160. The third kappa shape index (κ3) is 6.22. The average molecular weight is 444 g/mol. The van der Waals surface area contributed by atoms with E-state index in [-0.39, 0.29) is 23.0 Å². The lowest BCUT2D eigenvalue weighted by molar-refractivity contribution is -0.113. The number of anilines is 2. The molecule has 0 unspecified atom stereocenters. The Balaban J connectivity index is 1.64. The van der Waals surface area contributed by atoms with Gasteiger partial charge in [-0.2, -0.15) is 5.26 Å². The predicted molar refractivity (Wildman–Crippen MR) is 130 cm³/mol. The molecule has 2 amide bonds. The molecule has 0 bridgehead atoms. The normalized spacial score (nSPS) is 10.8. The minimum absolute atomic E-state index is 0.0439. The number of carbonyl (C=O) groups excluding carboxylic acids is 2. The highest BCUT2D eigenvalue weighted by Crippen LogP contribution is 2.26. The Morgan fingerprint density at radius 1 is 0.906 bits per heavy atom. The Hall–Kier alpha value is -3.56. The van der Waals surface area contributed by atoms with Crippen LogP contribution in [0.5, 0.6) is 0 Å². The van der Waals surface area contributed by atoms with E-state index in [4.69, 9.17) is 5.26 Å². The van der Waals surface area contributed by atoms with Gasteiger partial charge in [-0.05, 0) is 53.4 Å². The molecule has 162 valence electrons. The van der Waals surface area contributed by atoms with Crippen molar-refractivity contribution in [3.8, 4) is 6.07 Å². The van der Waals surface area contributed by atoms with E-state index in [1.807, 2.05) is 42.5 Å². The highest BCUT2D eigenvalue weighted by Gasteiger charge is 2.15. The zero-order chi connectivity index (χ0) is 23.1. The summed E-state index contributed by atoms with van der Waals surface area (Å²) in [5.41, 5.74) is 3.52. The van der Waals surface area contributed by atoms with Crippen molar-refractivity contribution >= 4 is 35.0 Å². The summed E-state index contributed by atoms with van der Waals surface area (Å²) in [5.74, 6) is -0.293. The molecule has 0 heterocycles. The molecule has 0 aromatic heterocycles. The van der Waals surface area contributed by atoms with Crippen LogP contribution in [0.15, 0.2) is 77.7 Å². The van der Waals surface area contributed by atoms with Crippen LogP contribution in [-0.2, 0) is 10.2 Å². The zero-order valence-corrected chi connectivity index (χ0v) is 19.1. The highest BCUT2D eigenvalue weighted by atomic mass is 32.2. The van der Waals surface area contributed by atoms with Gasteiger partial charge in [0.15, 0.2) is 0 Å². The molecule has 32 heavy (non-hydrogen) atoms. The van der Waals surface area contributed by atoms with Crippen LogP contribution in [0.1, 0.15) is 42.3 Å². The largest absolute Gasteiger partial charge is 0.325 e. The third-order valence-electron chi connectivity index (χ3n) is 4.77. The van der Waals surface area contributed by atoms with Crippen molar-refractivity contribution in [1.29, 1.82) is 5.26 Å². The number of hydrogen-bond donors (Lipinski definition) is 2. The van der Waals surface area contributed by atoms with Gasteiger partial charge in [-0.3, -0.25) is 9.59 Å². The first-order valence-electron chi connectivity index (χ1n) is 10.2. The van der Waals surface area contributed by atoms with E-state index in [0.717, 1.165) is 10.6 Å². The van der Waals surface area contributed by atoms with Crippen LogP contribution in [0.2, 0.25) is 0 Å². The van der Waals surface area contributed by atoms with Gasteiger partial charge in [0, 0.05) is 16.3 Å². The fourth-order valence-electron chi connectivity index (χ4n) is 3.04. The van der Waals surface area contributed by atoms with Crippen molar-refractivity contribution in [1.82, 2.24) is 0 Å². The zero-order valence-electron chi connectivity index (χ0n) is 18.3. The molecular weight excluding hydrogens is 418 g/mol. The molecule has 0 saturated heterocycles. The SMILES string of the molecule is CC(C)(C)c1ccc(NC(=O)c2ccccc2SCC(=O)Nc2cccc(C#N)c2)cc1. The minimum Gasteiger partial charge on any atom is -0.325 e. The molecule has 0 aliphatic carbocycles. The third-order valence-corrected chi connectivity index (χ3v) is 5.85. The second-order valence-corrected chi connectivity index (χ2v) is 9.32. The van der Waals surface area contributed by atoms with Crippen LogP contribution in [0.4, 0.5) is 11.4 Å². The molecule has 0 spiro atoms. The van der Waals surface area contributed by atoms with Crippen molar-refractivity contribution in [2.45, 2.75) is 31.1 Å². The van der Waals surface area contributed by atoms with Gasteiger partial charge < -0.3 is 10.6 Å². The van der Waals surface area contributed by atoms with Crippen molar-refractivity contribution < 1.29 is 9.59 Å². The maximum Gasteiger partial charge on any atom is 0.256 e. The van der Waals surface area contributed by atoms with Crippen LogP contribution in [0, 0.1) is 11.3 Å². The van der Waals surface area contributed by atoms with Gasteiger partial charge in [-0.15, -0.1) is 11.8 Å². The lowest BCUT2D eigenvalue weighted by Gasteiger charge is -2.19. The first kappa shape index (κ1) is 23.1. The molecule has 3 aromatic rings. The Kier molecular flexibility index (Phi) is 7.34. The summed E-state index contributed by atoms with van der Waals surface area (Å²) < 4.78 is 0. The van der Waals surface area contributed by atoms with Gasteiger partial charge >= 0.3 is 0 Å². The maximum absolute atomic E-state index is 12.9. The van der Waals surface area contributed by atoms with Gasteiger partial charge in [-0.25, -0.2) is 0 Å². The number of rotatable bonds is 6. The van der Waals surface area contributed by atoms with Crippen molar-refractivity contribution in [3.05, 3.63) is 89.5 Å². The summed E-state index contributed by atoms with van der Waals surface area (Å²) in [6.07, 6.45) is 0. The number of hydrogen-bond acceptors (Lipinski definition) is 4. The fraction of sp³-hybridized carbons (Fsp3) is 0.192. The first-order valence-corrected chi connectivity index (χ1v) is 11.2. The number of nitrogens with one attached hydrogen (secondary N) is 2. The quantitative estimate of drug-likeness (QED) is 0.469. The van der Waals surface area contributed by atoms with Gasteiger partial charge in [0.1, 0.15) is 0 Å². The van der Waals surface area contributed by atoms with E-state index in [0.29, 0.717) is 16.8 Å². The molecular formula is C26H25N3O2S. The smallest absolute Gasteiger partial charge is 0.256 e. The predicted octanol–water partition coefficient (Wildman–Crippen LogP) is 5.84. The van der Waals surface area contributed by atoms with E-state index in [2.05, 4.69) is 31.4 Å². The van der Waals surface area contributed by atoms with Gasteiger partial charge in [0.2, 0.25) is 5.91 Å². The van der Waals surface area contributed by atoms with E-state index in [1.165, 1.54) is 17.3 Å². The van der Waals surface area contributed by atoms with E-state index in [9.17, 15) is 9.59 Å². The summed E-state index contributed by atoms with van der Waals surface area (Å²) in [7, 11) is 0. The van der Waals surface area contributed by atoms with Crippen LogP contribution >= 0.6 is 11.8 Å². The lowest BCUT2D eigenvalue weighted by atomic mass is 9.87. The number of thioether (sulfide) groups is 1. The Morgan fingerprint density at radius 2 is 1.62 bits per heavy atom. The van der Waals surface area contributed by atoms with Crippen LogP contribution < -0.4 is 10.6 Å². The molecule has 3 rings (SSSR count). The summed E-state index contributed by atoms with van der Waals surface area (Å²) in [6.45, 7) is 6.43. The topological polar surface area (TPSA) is 82.0 Å². The lowest BCUT2D eigenvalue weighted by Crippen LogP contribution is -2.16. The van der Waals surface area contributed by atoms with E-state index < -0.39 is 0 Å². The molecule has 3 aromatic carbocycles. The van der Waals surface area contributed by atoms with Gasteiger partial charge in [-0.1, -0.05) is 51.1 Å². The number of carbonyl (C=O) groups is 2. The summed E-state index contributed by atoms with van der Waals surface area (Å²) >= 11 is 1.29. The number of amides is 2. The summed E-state index contributed by atoms with van der Waals surface area (Å²) in [5, 5.41) is 14.7. The standard InChI is InChI=1S/C26H25N3O2S/c1-26(2,3)19-11-13-20(14-12-19)29-25(31)22-9-4-5-10-23(22)32-17-24(30)28-21-8-6-7-18(15-21)16-27/h4-15H,17H2,1-3H3,(H,28,30)(H,29,31). The highest BCUT2D eigenvalue weighted by molar-refractivity contribution is 8.00. The fourth-order valence-corrected chi connectivity index (χ4v) is 3.89. The van der Waals surface area contributed by atoms with Gasteiger partial charge in [0.25, 0.3) is 5.91 Å². The van der Waals surface area contributed by atoms with Crippen LogP contribution in [0.3, 0.4) is 0 Å². The molecule has 5 nitrogen and oxygen atoms in total. The molecule has 0 saturated carbocycles. The summed E-state index contributed by atoms with van der Waals surface area (Å²) in [4.78, 5) is 25.9. The first-order chi connectivity index (χ1) is 15.3. The Morgan fingerprint density at radius 3 is 2.31 bits per heavy atom. The molecule has 0 radical (unpaired) electrons. The minimum atomic E-state index is -0.223. The maximum atomic E-state index is 12.9. The molecule has 0 atom stereocenters. The van der Waals surface area contributed by atoms with Crippen LogP contribution in [-0.4, -0.2) is 17.6 Å². The van der Waals surface area contributed by atoms with Crippen LogP contribution in [0.25, 0.3) is 0 Å². The molecule has 6 heteroatoms. The van der Waals surface area contributed by atoms with E-state index >= 15 is 0 Å². The monoisotopic (exact) mass is 443 g/mol. The number of benzene rings is 3. The number of nitriles is 1. The van der Waals surface area contributed by atoms with Crippen molar-refractivity contribution in [3.63, 3.8) is 0 Å². The number of nitrogens with zero attached hydrogens (tertiary/aromatic N) is 1. The molecule has 2 N–H and O–H groups in total.